The van der Waals surface area contributed by atoms with Gasteiger partial charge in [-0.2, -0.15) is 8.42 Å². The first-order valence-corrected chi connectivity index (χ1v) is 23.1. The quantitative estimate of drug-likeness (QED) is 0.0206. The van der Waals surface area contributed by atoms with Crippen LogP contribution in [0.3, 0.4) is 0 Å². The van der Waals surface area contributed by atoms with Crippen LogP contribution in [0.2, 0.25) is 0 Å². The lowest BCUT2D eigenvalue weighted by Gasteiger charge is -2.41. The summed E-state index contributed by atoms with van der Waals surface area (Å²) in [5.41, 5.74) is 0. The highest BCUT2D eigenvalue weighted by atomic mass is 32.3. The molecule has 12 nitrogen and oxygen atoms in total. The van der Waals surface area contributed by atoms with Crippen molar-refractivity contribution in [2.24, 2.45) is 0 Å². The van der Waals surface area contributed by atoms with Gasteiger partial charge in [-0.15, -0.1) is 0 Å². The minimum absolute atomic E-state index is 0.259. The number of hydrogen-bond acceptors (Lipinski definition) is 10. The van der Waals surface area contributed by atoms with Crippen LogP contribution in [0.5, 0.6) is 0 Å². The summed E-state index contributed by atoms with van der Waals surface area (Å²) in [5, 5.41) is 44.6. The molecular weight excluding hydrogens is 727 g/mol. The molecule has 1 fully saturated rings. The van der Waals surface area contributed by atoms with Crippen molar-refractivity contribution in [3.63, 3.8) is 0 Å². The number of rotatable bonds is 36. The fourth-order valence-corrected chi connectivity index (χ4v) is 7.31. The molecule has 0 aliphatic carbocycles. The van der Waals surface area contributed by atoms with Crippen molar-refractivity contribution < 1.29 is 51.8 Å². The summed E-state index contributed by atoms with van der Waals surface area (Å²) < 4.78 is 47.5. The highest BCUT2D eigenvalue weighted by Crippen LogP contribution is 2.26. The van der Waals surface area contributed by atoms with Crippen molar-refractivity contribution in [2.75, 3.05) is 13.2 Å². The first-order chi connectivity index (χ1) is 26.5. The Morgan fingerprint density at radius 1 is 0.709 bits per heavy atom. The van der Waals surface area contributed by atoms with Crippen LogP contribution in [-0.4, -0.2) is 95.4 Å². The van der Waals surface area contributed by atoms with E-state index in [-0.39, 0.29) is 18.9 Å². The van der Waals surface area contributed by atoms with Gasteiger partial charge >= 0.3 is 10.4 Å². The van der Waals surface area contributed by atoms with Gasteiger partial charge in [-0.3, -0.25) is 9.35 Å². The van der Waals surface area contributed by atoms with Crippen LogP contribution in [-0.2, 0) is 28.9 Å². The van der Waals surface area contributed by atoms with Crippen molar-refractivity contribution in [3.05, 3.63) is 24.3 Å². The highest BCUT2D eigenvalue weighted by Gasteiger charge is 2.48. The van der Waals surface area contributed by atoms with Gasteiger partial charge in [0.25, 0.3) is 0 Å². The van der Waals surface area contributed by atoms with Crippen molar-refractivity contribution in [3.8, 4) is 0 Å². The summed E-state index contributed by atoms with van der Waals surface area (Å²) >= 11 is 0. The smallest absolute Gasteiger partial charge is 0.394 e. The molecule has 13 heteroatoms. The van der Waals surface area contributed by atoms with Gasteiger partial charge in [-0.25, -0.2) is 4.18 Å². The fourth-order valence-electron chi connectivity index (χ4n) is 6.80. The topological polar surface area (TPSA) is 192 Å². The summed E-state index contributed by atoms with van der Waals surface area (Å²) in [5.74, 6) is -0.273. The van der Waals surface area contributed by atoms with Crippen LogP contribution >= 0.6 is 0 Å². The Morgan fingerprint density at radius 2 is 1.16 bits per heavy atom. The van der Waals surface area contributed by atoms with Gasteiger partial charge in [0.15, 0.2) is 6.29 Å². The third-order valence-corrected chi connectivity index (χ3v) is 10.7. The van der Waals surface area contributed by atoms with Crippen molar-refractivity contribution >= 4 is 16.3 Å². The van der Waals surface area contributed by atoms with Gasteiger partial charge < -0.3 is 35.2 Å². The Hall–Kier alpha value is -1.42. The largest absolute Gasteiger partial charge is 0.397 e. The number of aliphatic hydroxyl groups excluding tert-OH is 4. The van der Waals surface area contributed by atoms with E-state index in [0.717, 1.165) is 57.8 Å². The highest BCUT2D eigenvalue weighted by molar-refractivity contribution is 7.80. The molecule has 1 rings (SSSR count). The standard InChI is InChI=1S/C42H79NO11S/c1-3-5-7-9-11-13-15-17-18-20-22-24-26-28-30-32-38(46)43-35(36(45)31-29-27-25-23-21-19-16-14-12-10-8-6-4-2)34-52-42-40(48)41(54-55(49,50)51)39(47)37(33-44)53-42/h17-18,29,31,35-37,39-42,44-45,47-48H,3-16,19-28,30,32-34H2,1-2H3,(H,43,46)(H,49,50,51)/t35-,36+,37+,39-,40+,41-,42+/m0/s1. The van der Waals surface area contributed by atoms with Crippen molar-refractivity contribution in [1.29, 1.82) is 0 Å². The fraction of sp³-hybridized carbons (Fsp3) is 0.881. The molecule has 0 bridgehead atoms. The van der Waals surface area contributed by atoms with Crippen molar-refractivity contribution in [1.82, 2.24) is 5.32 Å². The zero-order chi connectivity index (χ0) is 40.6. The molecule has 7 atom stereocenters. The van der Waals surface area contributed by atoms with Gasteiger partial charge in [0.1, 0.15) is 24.4 Å². The molecule has 6 N–H and O–H groups in total. The lowest BCUT2D eigenvalue weighted by molar-refractivity contribution is -0.298. The van der Waals surface area contributed by atoms with E-state index < -0.39 is 59.9 Å². The van der Waals surface area contributed by atoms with Crippen LogP contribution < -0.4 is 5.32 Å². The maximum absolute atomic E-state index is 13.0. The number of unbranched alkanes of at least 4 members (excludes halogenated alkanes) is 22. The van der Waals surface area contributed by atoms with E-state index in [1.165, 1.54) is 96.3 Å². The van der Waals surface area contributed by atoms with E-state index in [1.54, 1.807) is 6.08 Å². The van der Waals surface area contributed by atoms with Gasteiger partial charge in [0, 0.05) is 6.42 Å². The van der Waals surface area contributed by atoms with E-state index in [9.17, 15) is 33.6 Å². The SMILES string of the molecule is CCCCCCCCC=CCCCCCCCC(=O)N[C@@H](CO[C@@H]1O[C@H](CO)[C@H](O)[C@H](OS(=O)(=O)O)[C@H]1O)[C@H](O)C=CCCCCCCCCCCCCC. The van der Waals surface area contributed by atoms with Gasteiger partial charge in [-0.05, 0) is 44.9 Å². The first-order valence-electron chi connectivity index (χ1n) is 21.7. The van der Waals surface area contributed by atoms with Crippen LogP contribution in [0.25, 0.3) is 0 Å². The Kier molecular flexibility index (Phi) is 31.5. The van der Waals surface area contributed by atoms with Gasteiger partial charge in [0.05, 0.1) is 25.4 Å². The Labute approximate surface area is 333 Å². The molecule has 1 amide bonds. The number of hydrogen-bond donors (Lipinski definition) is 6. The molecule has 0 unspecified atom stereocenters. The third kappa shape index (κ3) is 27.0. The summed E-state index contributed by atoms with van der Waals surface area (Å²) in [6.45, 7) is 3.35. The zero-order valence-electron chi connectivity index (χ0n) is 34.2. The number of amides is 1. The van der Waals surface area contributed by atoms with Crippen LogP contribution in [0.4, 0.5) is 0 Å². The minimum atomic E-state index is -5.08. The summed E-state index contributed by atoms with van der Waals surface area (Å²) in [4.78, 5) is 13.0. The van der Waals surface area contributed by atoms with Crippen LogP contribution in [0.1, 0.15) is 181 Å². The summed E-state index contributed by atoms with van der Waals surface area (Å²) in [6.07, 6.45) is 27.9. The number of ether oxygens (including phenoxy) is 2. The van der Waals surface area contributed by atoms with E-state index >= 15 is 0 Å². The normalized spacial score (nSPS) is 21.8. The van der Waals surface area contributed by atoms with Crippen LogP contribution in [0, 0.1) is 0 Å². The Bertz CT molecular complexity index is 1090. The lowest BCUT2D eigenvalue weighted by atomic mass is 9.99. The molecule has 1 aliphatic heterocycles. The second-order valence-electron chi connectivity index (χ2n) is 15.3. The van der Waals surface area contributed by atoms with E-state index in [2.05, 4.69) is 35.5 Å². The molecule has 1 aliphatic rings. The second kappa shape index (κ2) is 33.5. The Morgan fingerprint density at radius 3 is 1.64 bits per heavy atom. The summed E-state index contributed by atoms with van der Waals surface area (Å²) in [6, 6.07) is -0.944. The maximum Gasteiger partial charge on any atom is 0.397 e. The predicted molar refractivity (Wildman–Crippen MR) is 218 cm³/mol. The maximum atomic E-state index is 13.0. The molecule has 0 radical (unpaired) electrons. The number of allylic oxidation sites excluding steroid dienone is 3. The van der Waals surface area contributed by atoms with E-state index in [1.807, 2.05) is 6.08 Å². The molecule has 0 spiro atoms. The number of nitrogens with one attached hydrogen (secondary N) is 1. The molecule has 0 aromatic heterocycles. The van der Waals surface area contributed by atoms with E-state index in [0.29, 0.717) is 6.42 Å². The molecule has 55 heavy (non-hydrogen) atoms. The predicted octanol–water partition coefficient (Wildman–Crippen LogP) is 7.77. The van der Waals surface area contributed by atoms with Gasteiger partial charge in [-0.1, -0.05) is 154 Å². The third-order valence-electron chi connectivity index (χ3n) is 10.2. The van der Waals surface area contributed by atoms with E-state index in [4.69, 9.17) is 14.0 Å². The average molecular weight is 806 g/mol. The first kappa shape index (κ1) is 51.6. The summed E-state index contributed by atoms with van der Waals surface area (Å²) in [7, 11) is -5.08. The Balaban J connectivity index is 2.58. The second-order valence-corrected chi connectivity index (χ2v) is 16.3. The lowest BCUT2D eigenvalue weighted by Crippen LogP contribution is -2.61. The molecular formula is C42H79NO11S. The number of carbonyl (C=O) groups excluding carboxylic acids is 1. The molecule has 0 aromatic rings. The van der Waals surface area contributed by atoms with Crippen LogP contribution in [0.15, 0.2) is 24.3 Å². The number of carbonyl (C=O) groups is 1. The molecule has 324 valence electrons. The molecule has 1 heterocycles. The average Bonchev–Trinajstić information content (AvgIpc) is 3.15. The molecule has 0 saturated carbocycles. The monoisotopic (exact) mass is 806 g/mol. The minimum Gasteiger partial charge on any atom is -0.394 e. The zero-order valence-corrected chi connectivity index (χ0v) is 35.1. The molecule has 0 aromatic carbocycles. The van der Waals surface area contributed by atoms with Gasteiger partial charge in [0.2, 0.25) is 5.91 Å². The number of aliphatic hydroxyl groups is 4. The molecule has 1 saturated heterocycles. The van der Waals surface area contributed by atoms with Crippen molar-refractivity contribution in [2.45, 2.75) is 224 Å².